The second kappa shape index (κ2) is 8.59. The SMILES string of the molecule is COc1cc(Cl)c(/C=C2\SC(=Nc3ccc(C(=O)[O-])cc3)N(C)C2=O)cc1OC. The summed E-state index contributed by atoms with van der Waals surface area (Å²) in [5.74, 6) is -0.506. The molecule has 1 saturated heterocycles. The fourth-order valence-electron chi connectivity index (χ4n) is 2.56. The lowest BCUT2D eigenvalue weighted by atomic mass is 10.1. The predicted octanol–water partition coefficient (Wildman–Crippen LogP) is 2.95. The molecule has 9 heteroatoms. The number of aliphatic imine (C=N–C) groups is 1. The van der Waals surface area contributed by atoms with E-state index in [1.165, 1.54) is 43.0 Å². The van der Waals surface area contributed by atoms with Gasteiger partial charge in [-0.2, -0.15) is 0 Å². The van der Waals surface area contributed by atoms with Crippen molar-refractivity contribution in [2.24, 2.45) is 4.99 Å². The van der Waals surface area contributed by atoms with Crippen molar-refractivity contribution in [3.05, 3.63) is 57.5 Å². The van der Waals surface area contributed by atoms with Crippen LogP contribution < -0.4 is 14.6 Å². The zero-order valence-electron chi connectivity index (χ0n) is 15.8. The molecule has 3 rings (SSSR count). The zero-order valence-corrected chi connectivity index (χ0v) is 17.3. The first-order chi connectivity index (χ1) is 13.8. The van der Waals surface area contributed by atoms with Gasteiger partial charge in [0.15, 0.2) is 16.7 Å². The molecule has 0 radical (unpaired) electrons. The van der Waals surface area contributed by atoms with Crippen LogP contribution in [-0.4, -0.2) is 43.2 Å². The van der Waals surface area contributed by atoms with E-state index in [2.05, 4.69) is 4.99 Å². The number of amides is 1. The van der Waals surface area contributed by atoms with Gasteiger partial charge in [0.1, 0.15) is 0 Å². The highest BCUT2D eigenvalue weighted by atomic mass is 35.5. The Bertz CT molecular complexity index is 1030. The zero-order chi connectivity index (χ0) is 21.1. The molecule has 0 atom stereocenters. The van der Waals surface area contributed by atoms with Crippen LogP contribution in [-0.2, 0) is 4.79 Å². The fraction of sp³-hybridized carbons (Fsp3) is 0.150. The lowest BCUT2D eigenvalue weighted by molar-refractivity contribution is -0.255. The van der Waals surface area contributed by atoms with Gasteiger partial charge in [-0.05, 0) is 47.2 Å². The van der Waals surface area contributed by atoms with E-state index in [1.54, 1.807) is 37.4 Å². The Hall–Kier alpha value is -2.97. The van der Waals surface area contributed by atoms with Crippen LogP contribution in [0.15, 0.2) is 46.3 Å². The minimum absolute atomic E-state index is 0.0566. The van der Waals surface area contributed by atoms with Gasteiger partial charge in [0.05, 0.1) is 35.8 Å². The van der Waals surface area contributed by atoms with Gasteiger partial charge < -0.3 is 19.4 Å². The number of ether oxygens (including phenoxy) is 2. The number of methoxy groups -OCH3 is 2. The Morgan fingerprint density at radius 3 is 2.38 bits per heavy atom. The molecule has 1 aliphatic rings. The first-order valence-electron chi connectivity index (χ1n) is 8.33. The average Bonchev–Trinajstić information content (AvgIpc) is 2.97. The smallest absolute Gasteiger partial charge is 0.266 e. The number of carbonyl (C=O) groups is 2. The summed E-state index contributed by atoms with van der Waals surface area (Å²) >= 11 is 7.50. The molecule has 150 valence electrons. The van der Waals surface area contributed by atoms with Crippen molar-refractivity contribution in [2.75, 3.05) is 21.3 Å². The van der Waals surface area contributed by atoms with E-state index in [-0.39, 0.29) is 11.5 Å². The maximum Gasteiger partial charge on any atom is 0.266 e. The Balaban J connectivity index is 1.91. The average molecular weight is 432 g/mol. The van der Waals surface area contributed by atoms with Crippen molar-refractivity contribution in [3.63, 3.8) is 0 Å². The predicted molar refractivity (Wildman–Crippen MR) is 111 cm³/mol. The van der Waals surface area contributed by atoms with Crippen molar-refractivity contribution < 1.29 is 24.2 Å². The van der Waals surface area contributed by atoms with Crippen LogP contribution in [0, 0.1) is 0 Å². The molecule has 0 saturated carbocycles. The molecule has 0 N–H and O–H groups in total. The van der Waals surface area contributed by atoms with Crippen molar-refractivity contribution >= 4 is 52.2 Å². The summed E-state index contributed by atoms with van der Waals surface area (Å²) in [7, 11) is 4.64. The number of thioether (sulfide) groups is 1. The number of benzene rings is 2. The molecule has 1 aliphatic heterocycles. The Morgan fingerprint density at radius 2 is 1.79 bits per heavy atom. The Morgan fingerprint density at radius 1 is 1.17 bits per heavy atom. The molecular formula is C20H16ClN2O5S-. The minimum atomic E-state index is -1.26. The molecular weight excluding hydrogens is 416 g/mol. The number of carbonyl (C=O) groups excluding carboxylic acids is 2. The van der Waals surface area contributed by atoms with Crippen LogP contribution in [0.3, 0.4) is 0 Å². The van der Waals surface area contributed by atoms with Crippen molar-refractivity contribution in [2.45, 2.75) is 0 Å². The Labute approximate surface area is 176 Å². The van der Waals surface area contributed by atoms with Gasteiger partial charge in [-0.3, -0.25) is 9.69 Å². The van der Waals surface area contributed by atoms with E-state index < -0.39 is 5.97 Å². The molecule has 0 unspecified atom stereocenters. The largest absolute Gasteiger partial charge is 0.545 e. The van der Waals surface area contributed by atoms with E-state index >= 15 is 0 Å². The molecule has 1 amide bonds. The topological polar surface area (TPSA) is 91.3 Å². The van der Waals surface area contributed by atoms with Crippen molar-refractivity contribution in [1.82, 2.24) is 4.90 Å². The lowest BCUT2D eigenvalue weighted by Gasteiger charge is -2.10. The van der Waals surface area contributed by atoms with E-state index in [9.17, 15) is 14.7 Å². The van der Waals surface area contributed by atoms with E-state index in [0.717, 1.165) is 0 Å². The van der Waals surface area contributed by atoms with Gasteiger partial charge in [-0.1, -0.05) is 23.7 Å². The monoisotopic (exact) mass is 431 g/mol. The van der Waals surface area contributed by atoms with Crippen molar-refractivity contribution in [3.8, 4) is 11.5 Å². The molecule has 0 spiro atoms. The van der Waals surface area contributed by atoms with Crippen LogP contribution in [0.5, 0.6) is 11.5 Å². The number of amidine groups is 1. The molecule has 0 aromatic heterocycles. The van der Waals surface area contributed by atoms with Gasteiger partial charge in [-0.25, -0.2) is 4.99 Å². The highest BCUT2D eigenvalue weighted by Gasteiger charge is 2.30. The highest BCUT2D eigenvalue weighted by molar-refractivity contribution is 8.18. The van der Waals surface area contributed by atoms with Gasteiger partial charge in [0.25, 0.3) is 5.91 Å². The lowest BCUT2D eigenvalue weighted by Crippen LogP contribution is -2.23. The summed E-state index contributed by atoms with van der Waals surface area (Å²) in [6.07, 6.45) is 1.66. The highest BCUT2D eigenvalue weighted by Crippen LogP contribution is 2.38. The minimum Gasteiger partial charge on any atom is -0.545 e. The second-order valence-electron chi connectivity index (χ2n) is 5.93. The number of aromatic carboxylic acids is 1. The van der Waals surface area contributed by atoms with Crippen LogP contribution in [0.25, 0.3) is 6.08 Å². The van der Waals surface area contributed by atoms with Crippen LogP contribution >= 0.6 is 23.4 Å². The summed E-state index contributed by atoms with van der Waals surface area (Å²) in [5, 5.41) is 11.7. The molecule has 2 aromatic rings. The molecule has 29 heavy (non-hydrogen) atoms. The van der Waals surface area contributed by atoms with Gasteiger partial charge >= 0.3 is 0 Å². The van der Waals surface area contributed by atoms with Gasteiger partial charge in [-0.15, -0.1) is 0 Å². The summed E-state index contributed by atoms with van der Waals surface area (Å²) in [6, 6.07) is 9.20. The number of likely N-dealkylation sites (N-methyl/N-ethyl adjacent to an activating group) is 1. The maximum atomic E-state index is 12.6. The number of nitrogens with zero attached hydrogens (tertiary/aromatic N) is 2. The Kier molecular flexibility index (Phi) is 6.14. The van der Waals surface area contributed by atoms with Gasteiger partial charge in [0.2, 0.25) is 0 Å². The van der Waals surface area contributed by atoms with Crippen molar-refractivity contribution in [1.29, 1.82) is 0 Å². The number of halogens is 1. The van der Waals surface area contributed by atoms with Crippen LogP contribution in [0.2, 0.25) is 5.02 Å². The normalized spacial score (nSPS) is 16.6. The first-order valence-corrected chi connectivity index (χ1v) is 9.52. The fourth-order valence-corrected chi connectivity index (χ4v) is 3.74. The third-order valence-corrected chi connectivity index (χ3v) is 5.51. The number of hydrogen-bond acceptors (Lipinski definition) is 7. The van der Waals surface area contributed by atoms with E-state index in [0.29, 0.717) is 37.8 Å². The first kappa shape index (κ1) is 20.8. The van der Waals surface area contributed by atoms with Crippen LogP contribution in [0.1, 0.15) is 15.9 Å². The molecule has 1 heterocycles. The maximum absolute atomic E-state index is 12.6. The number of carboxylic acids is 1. The second-order valence-corrected chi connectivity index (χ2v) is 7.35. The summed E-state index contributed by atoms with van der Waals surface area (Å²) in [6.45, 7) is 0. The standard InChI is InChI=1S/C20H17ClN2O5S/c1-23-18(24)17(9-12-8-15(27-2)16(28-3)10-14(12)21)29-20(23)22-13-6-4-11(5-7-13)19(25)26/h4-10H,1-3H3,(H,25,26)/p-1/b17-9-,22-20?. The van der Waals surface area contributed by atoms with E-state index in [1.807, 2.05) is 0 Å². The summed E-state index contributed by atoms with van der Waals surface area (Å²) < 4.78 is 10.5. The van der Waals surface area contributed by atoms with E-state index in [4.69, 9.17) is 21.1 Å². The number of carboxylic acid groups (broad SMARTS) is 1. The number of rotatable bonds is 5. The molecule has 7 nitrogen and oxygen atoms in total. The molecule has 0 bridgehead atoms. The third kappa shape index (κ3) is 4.38. The van der Waals surface area contributed by atoms with Crippen LogP contribution in [0.4, 0.5) is 5.69 Å². The summed E-state index contributed by atoms with van der Waals surface area (Å²) in [4.78, 5) is 29.7. The summed E-state index contributed by atoms with van der Waals surface area (Å²) in [5.41, 5.74) is 1.18. The quantitative estimate of drug-likeness (QED) is 0.676. The molecule has 2 aromatic carbocycles. The number of hydrogen-bond donors (Lipinski definition) is 0. The van der Waals surface area contributed by atoms with Gasteiger partial charge in [0, 0.05) is 13.1 Å². The molecule has 0 aliphatic carbocycles. The third-order valence-electron chi connectivity index (χ3n) is 4.12. The molecule has 1 fully saturated rings.